The summed E-state index contributed by atoms with van der Waals surface area (Å²) < 4.78 is 25.4. The second-order valence-corrected chi connectivity index (χ2v) is 7.42. The fourth-order valence-corrected chi connectivity index (χ4v) is 4.45. The lowest BCUT2D eigenvalue weighted by Gasteiger charge is -2.32. The third-order valence-electron chi connectivity index (χ3n) is 2.79. The number of alkyl halides is 1. The van der Waals surface area contributed by atoms with Gasteiger partial charge in [0.1, 0.15) is 0 Å². The van der Waals surface area contributed by atoms with Crippen molar-refractivity contribution in [3.63, 3.8) is 0 Å². The monoisotopic (exact) mass is 283 g/mol. The predicted molar refractivity (Wildman–Crippen MR) is 62.2 cm³/mol. The number of sulfonamides is 1. The summed E-state index contributed by atoms with van der Waals surface area (Å²) >= 11 is 3.54. The van der Waals surface area contributed by atoms with Gasteiger partial charge in [-0.2, -0.15) is 4.31 Å². The van der Waals surface area contributed by atoms with Gasteiger partial charge in [-0.05, 0) is 26.7 Å². The minimum Gasteiger partial charge on any atom is -0.212 e. The molecule has 0 amide bonds. The van der Waals surface area contributed by atoms with E-state index in [9.17, 15) is 8.42 Å². The highest BCUT2D eigenvalue weighted by Gasteiger charge is 2.45. The van der Waals surface area contributed by atoms with Gasteiger partial charge in [-0.3, -0.25) is 0 Å². The molecule has 0 aliphatic carbocycles. The van der Waals surface area contributed by atoms with Gasteiger partial charge in [0.15, 0.2) is 0 Å². The molecule has 1 heterocycles. The standard InChI is InChI=1S/C9H18BrNO2S/c1-4-7-14(12,13)11-6-5-8(10)9(11,2)3/h8H,4-7H2,1-3H3. The van der Waals surface area contributed by atoms with Crippen molar-refractivity contribution in [2.24, 2.45) is 0 Å². The maximum absolute atomic E-state index is 11.9. The lowest BCUT2D eigenvalue weighted by Crippen LogP contribution is -2.47. The Morgan fingerprint density at radius 3 is 2.43 bits per heavy atom. The molecule has 84 valence electrons. The van der Waals surface area contributed by atoms with Crippen LogP contribution in [0.3, 0.4) is 0 Å². The lowest BCUT2D eigenvalue weighted by molar-refractivity contribution is 0.298. The molecule has 1 rings (SSSR count). The Kier molecular flexibility index (Phi) is 3.65. The Morgan fingerprint density at radius 1 is 1.50 bits per heavy atom. The molecule has 1 fully saturated rings. The maximum atomic E-state index is 11.9. The van der Waals surface area contributed by atoms with E-state index in [1.807, 2.05) is 20.8 Å². The van der Waals surface area contributed by atoms with E-state index in [2.05, 4.69) is 15.9 Å². The van der Waals surface area contributed by atoms with Gasteiger partial charge in [0.25, 0.3) is 0 Å². The highest BCUT2D eigenvalue weighted by molar-refractivity contribution is 9.09. The Bertz CT molecular complexity index is 300. The molecule has 0 aromatic heterocycles. The van der Waals surface area contributed by atoms with Gasteiger partial charge < -0.3 is 0 Å². The van der Waals surface area contributed by atoms with Crippen molar-refractivity contribution in [1.29, 1.82) is 0 Å². The third kappa shape index (κ3) is 2.14. The molecule has 5 heteroatoms. The molecule has 0 saturated carbocycles. The highest BCUT2D eigenvalue weighted by Crippen LogP contribution is 2.36. The average molecular weight is 284 g/mol. The second-order valence-electron chi connectivity index (χ2n) is 4.30. The molecule has 1 aliphatic rings. The summed E-state index contributed by atoms with van der Waals surface area (Å²) in [5, 5.41) is 0. The molecular formula is C9H18BrNO2S. The van der Waals surface area contributed by atoms with Crippen LogP contribution in [0.5, 0.6) is 0 Å². The molecule has 1 saturated heterocycles. The van der Waals surface area contributed by atoms with Crippen LogP contribution < -0.4 is 0 Å². The molecular weight excluding hydrogens is 266 g/mol. The Hall–Kier alpha value is 0.390. The number of rotatable bonds is 3. The van der Waals surface area contributed by atoms with Crippen molar-refractivity contribution in [3.8, 4) is 0 Å². The quantitative estimate of drug-likeness (QED) is 0.743. The summed E-state index contributed by atoms with van der Waals surface area (Å²) in [6.45, 7) is 6.50. The van der Waals surface area contributed by atoms with Crippen LogP contribution in [-0.2, 0) is 10.0 Å². The molecule has 0 aromatic carbocycles. The van der Waals surface area contributed by atoms with E-state index >= 15 is 0 Å². The normalized spacial score (nSPS) is 28.1. The molecule has 1 atom stereocenters. The van der Waals surface area contributed by atoms with Crippen molar-refractivity contribution in [2.45, 2.75) is 44.0 Å². The van der Waals surface area contributed by atoms with E-state index < -0.39 is 10.0 Å². The van der Waals surface area contributed by atoms with Crippen molar-refractivity contribution >= 4 is 26.0 Å². The second kappa shape index (κ2) is 4.10. The summed E-state index contributed by atoms with van der Waals surface area (Å²) in [5.74, 6) is 0.260. The zero-order valence-corrected chi connectivity index (χ0v) is 11.4. The fraction of sp³-hybridized carbons (Fsp3) is 1.00. The molecule has 1 aliphatic heterocycles. The topological polar surface area (TPSA) is 37.4 Å². The highest BCUT2D eigenvalue weighted by atomic mass is 79.9. The SMILES string of the molecule is CCCS(=O)(=O)N1CCC(Br)C1(C)C. The first-order valence-corrected chi connectivity index (χ1v) is 7.49. The van der Waals surface area contributed by atoms with Gasteiger partial charge in [0.05, 0.1) is 5.75 Å². The number of hydrogen-bond acceptors (Lipinski definition) is 2. The molecule has 0 aromatic rings. The lowest BCUT2D eigenvalue weighted by atomic mass is 10.0. The molecule has 0 spiro atoms. The van der Waals surface area contributed by atoms with Crippen LogP contribution >= 0.6 is 15.9 Å². The summed E-state index contributed by atoms with van der Waals surface area (Å²) in [6.07, 6.45) is 1.58. The zero-order chi connectivity index (χ0) is 11.0. The Labute approximate surface area is 95.0 Å². The van der Waals surface area contributed by atoms with Gasteiger partial charge in [-0.1, -0.05) is 22.9 Å². The summed E-state index contributed by atoms with van der Waals surface area (Å²) in [4.78, 5) is 0.265. The van der Waals surface area contributed by atoms with E-state index in [4.69, 9.17) is 0 Å². The minimum atomic E-state index is -3.05. The largest absolute Gasteiger partial charge is 0.214 e. The van der Waals surface area contributed by atoms with E-state index in [0.29, 0.717) is 13.0 Å². The summed E-state index contributed by atoms with van der Waals surface area (Å²) in [7, 11) is -3.05. The first kappa shape index (κ1) is 12.5. The van der Waals surface area contributed by atoms with Crippen LogP contribution in [0.4, 0.5) is 0 Å². The van der Waals surface area contributed by atoms with Gasteiger partial charge in [-0.15, -0.1) is 0 Å². The average Bonchev–Trinajstić information content (AvgIpc) is 2.27. The molecule has 0 radical (unpaired) electrons. The van der Waals surface area contributed by atoms with Crippen molar-refractivity contribution in [3.05, 3.63) is 0 Å². The number of halogens is 1. The molecule has 0 bridgehead atoms. The van der Waals surface area contributed by atoms with Crippen molar-refractivity contribution < 1.29 is 8.42 Å². The number of nitrogens with zero attached hydrogens (tertiary/aromatic N) is 1. The first-order chi connectivity index (χ1) is 6.32. The van der Waals surface area contributed by atoms with Gasteiger partial charge in [0.2, 0.25) is 10.0 Å². The van der Waals surface area contributed by atoms with Crippen LogP contribution in [-0.4, -0.2) is 35.4 Å². The van der Waals surface area contributed by atoms with E-state index in [1.165, 1.54) is 0 Å². The van der Waals surface area contributed by atoms with E-state index in [-0.39, 0.29) is 16.1 Å². The van der Waals surface area contributed by atoms with Crippen LogP contribution in [0.15, 0.2) is 0 Å². The predicted octanol–water partition coefficient (Wildman–Crippen LogP) is 1.97. The van der Waals surface area contributed by atoms with Crippen LogP contribution in [0.2, 0.25) is 0 Å². The third-order valence-corrected chi connectivity index (χ3v) is 6.62. The van der Waals surface area contributed by atoms with E-state index in [1.54, 1.807) is 4.31 Å². The zero-order valence-electron chi connectivity index (χ0n) is 8.96. The van der Waals surface area contributed by atoms with Crippen molar-refractivity contribution in [2.75, 3.05) is 12.3 Å². The van der Waals surface area contributed by atoms with Crippen LogP contribution in [0.25, 0.3) is 0 Å². The Morgan fingerprint density at radius 2 is 2.07 bits per heavy atom. The molecule has 1 unspecified atom stereocenters. The molecule has 3 nitrogen and oxygen atoms in total. The smallest absolute Gasteiger partial charge is 0.212 e. The summed E-state index contributed by atoms with van der Waals surface area (Å²) in [6, 6.07) is 0. The van der Waals surface area contributed by atoms with E-state index in [0.717, 1.165) is 6.42 Å². The fourth-order valence-electron chi connectivity index (χ4n) is 1.89. The number of hydrogen-bond donors (Lipinski definition) is 0. The van der Waals surface area contributed by atoms with Gasteiger partial charge in [0, 0.05) is 16.9 Å². The Balaban J connectivity index is 2.90. The minimum absolute atomic E-state index is 0.260. The first-order valence-electron chi connectivity index (χ1n) is 4.97. The molecule has 0 N–H and O–H groups in total. The molecule has 14 heavy (non-hydrogen) atoms. The van der Waals surface area contributed by atoms with Gasteiger partial charge in [-0.25, -0.2) is 8.42 Å². The van der Waals surface area contributed by atoms with Crippen LogP contribution in [0, 0.1) is 0 Å². The summed E-state index contributed by atoms with van der Waals surface area (Å²) in [5.41, 5.74) is -0.284. The van der Waals surface area contributed by atoms with Crippen molar-refractivity contribution in [1.82, 2.24) is 4.31 Å². The van der Waals surface area contributed by atoms with Crippen LogP contribution in [0.1, 0.15) is 33.6 Å². The maximum Gasteiger partial charge on any atom is 0.214 e. The van der Waals surface area contributed by atoms with Gasteiger partial charge >= 0.3 is 0 Å².